The number of ether oxygens (including phenoxy) is 1. The van der Waals surface area contributed by atoms with Gasteiger partial charge in [-0.05, 0) is 12.1 Å². The number of fused-ring (bicyclic) bond motifs is 2. The van der Waals surface area contributed by atoms with Crippen LogP contribution in [-0.2, 0) is 16.1 Å². The lowest BCUT2D eigenvalue weighted by molar-refractivity contribution is -0.112. The maximum absolute atomic E-state index is 12.6. The molecule has 0 fully saturated rings. The molecule has 0 aliphatic heterocycles. The Morgan fingerprint density at radius 1 is 0.957 bits per heavy atom. The van der Waals surface area contributed by atoms with Crippen molar-refractivity contribution in [3.8, 4) is 11.5 Å². The Kier molecular flexibility index (Phi) is 3.67. The van der Waals surface area contributed by atoms with Crippen molar-refractivity contribution < 1.29 is 29.3 Å². The molecule has 1 aliphatic carbocycles. The minimum absolute atomic E-state index is 0.0738. The van der Waals surface area contributed by atoms with Crippen molar-refractivity contribution in [2.24, 2.45) is 0 Å². The minimum atomic E-state index is -0.623. The summed E-state index contributed by atoms with van der Waals surface area (Å²) in [6.45, 7) is -0.222. The molecule has 3 rings (SSSR count). The van der Waals surface area contributed by atoms with E-state index >= 15 is 0 Å². The molecule has 6 heteroatoms. The molecule has 0 heterocycles. The van der Waals surface area contributed by atoms with Gasteiger partial charge in [-0.1, -0.05) is 18.2 Å². The lowest BCUT2D eigenvalue weighted by Gasteiger charge is -2.20. The van der Waals surface area contributed by atoms with E-state index in [-0.39, 0.29) is 52.5 Å². The third-order valence-corrected chi connectivity index (χ3v) is 3.69. The van der Waals surface area contributed by atoms with E-state index < -0.39 is 11.6 Å². The summed E-state index contributed by atoms with van der Waals surface area (Å²) in [6.07, 6.45) is 0.568. The molecule has 0 spiro atoms. The summed E-state index contributed by atoms with van der Waals surface area (Å²) in [5.41, 5.74) is 0.185. The van der Waals surface area contributed by atoms with Gasteiger partial charge < -0.3 is 19.7 Å². The smallest absolute Gasteiger partial charge is 0.201 e. The number of aromatic hydroxyl groups is 2. The highest BCUT2D eigenvalue weighted by atomic mass is 16.5. The number of phenols is 2. The first-order valence-corrected chi connectivity index (χ1v) is 6.84. The molecule has 0 atom stereocenters. The summed E-state index contributed by atoms with van der Waals surface area (Å²) >= 11 is 0. The summed E-state index contributed by atoms with van der Waals surface area (Å²) < 4.78 is 5.02. The summed E-state index contributed by atoms with van der Waals surface area (Å²) in [7, 11) is 0. The zero-order valence-corrected chi connectivity index (χ0v) is 11.9. The summed E-state index contributed by atoms with van der Waals surface area (Å²) in [5, 5.41) is 20.2. The number of aldehydes is 1. The largest absolute Gasteiger partial charge is 0.507 e. The van der Waals surface area contributed by atoms with Gasteiger partial charge in [0.1, 0.15) is 24.4 Å². The van der Waals surface area contributed by atoms with Crippen molar-refractivity contribution in [1.29, 1.82) is 0 Å². The molecule has 0 radical (unpaired) electrons. The van der Waals surface area contributed by atoms with E-state index in [1.807, 2.05) is 0 Å². The molecule has 2 aromatic carbocycles. The van der Waals surface area contributed by atoms with E-state index in [1.165, 1.54) is 30.3 Å². The van der Waals surface area contributed by atoms with Gasteiger partial charge in [0.05, 0.1) is 17.7 Å². The Balaban J connectivity index is 2.13. The number of phenolic OH excluding ortho intramolecular Hbond substituents is 2. The third-order valence-electron chi connectivity index (χ3n) is 3.69. The fourth-order valence-corrected chi connectivity index (χ4v) is 2.62. The Hall–Kier alpha value is -2.99. The van der Waals surface area contributed by atoms with Crippen LogP contribution in [0, 0.1) is 0 Å². The number of ketones is 2. The van der Waals surface area contributed by atoms with E-state index in [0.717, 1.165) is 0 Å². The molecule has 2 N–H and O–H groups in total. The van der Waals surface area contributed by atoms with Gasteiger partial charge in [-0.3, -0.25) is 9.59 Å². The highest BCUT2D eigenvalue weighted by molar-refractivity contribution is 6.30. The number of carbonyl (C=O) groups excluding carboxylic acids is 3. The summed E-state index contributed by atoms with van der Waals surface area (Å²) in [5.74, 6) is -1.75. The van der Waals surface area contributed by atoms with Crippen molar-refractivity contribution in [2.45, 2.75) is 6.61 Å². The van der Waals surface area contributed by atoms with Crippen LogP contribution >= 0.6 is 0 Å². The maximum atomic E-state index is 12.6. The molecular weight excluding hydrogens is 300 g/mol. The Morgan fingerprint density at radius 2 is 1.70 bits per heavy atom. The predicted octanol–water partition coefficient (Wildman–Crippen LogP) is 1.59. The normalized spacial score (nSPS) is 12.7. The minimum Gasteiger partial charge on any atom is -0.507 e. The molecular formula is C17H12O6. The molecule has 1 aliphatic rings. The molecule has 6 nitrogen and oxygen atoms in total. The van der Waals surface area contributed by atoms with Crippen LogP contribution in [0.2, 0.25) is 0 Å². The van der Waals surface area contributed by atoms with Crippen LogP contribution in [0.5, 0.6) is 11.5 Å². The van der Waals surface area contributed by atoms with Crippen LogP contribution in [-0.4, -0.2) is 34.7 Å². The van der Waals surface area contributed by atoms with Crippen molar-refractivity contribution in [3.05, 3.63) is 58.1 Å². The number of hydrogen-bond acceptors (Lipinski definition) is 6. The van der Waals surface area contributed by atoms with Crippen molar-refractivity contribution >= 4 is 17.9 Å². The zero-order valence-electron chi connectivity index (χ0n) is 11.9. The Morgan fingerprint density at radius 3 is 2.43 bits per heavy atom. The monoisotopic (exact) mass is 312 g/mol. The van der Waals surface area contributed by atoms with E-state index in [2.05, 4.69) is 0 Å². The average Bonchev–Trinajstić information content (AvgIpc) is 2.54. The van der Waals surface area contributed by atoms with Gasteiger partial charge in [0.25, 0.3) is 0 Å². The van der Waals surface area contributed by atoms with Gasteiger partial charge in [-0.25, -0.2) is 0 Å². The van der Waals surface area contributed by atoms with E-state index in [0.29, 0.717) is 6.29 Å². The summed E-state index contributed by atoms with van der Waals surface area (Å²) in [4.78, 5) is 35.4. The highest BCUT2D eigenvalue weighted by Gasteiger charge is 2.34. The van der Waals surface area contributed by atoms with Crippen LogP contribution in [0.15, 0.2) is 30.3 Å². The van der Waals surface area contributed by atoms with Crippen molar-refractivity contribution in [3.63, 3.8) is 0 Å². The first kappa shape index (κ1) is 14.9. The zero-order chi connectivity index (χ0) is 16.6. The van der Waals surface area contributed by atoms with E-state index in [4.69, 9.17) is 4.74 Å². The SMILES string of the molecule is O=CCOCc1ccc2c(c1O)C(=O)c1c(O)cccc1C2=O. The number of hydrogen-bond donors (Lipinski definition) is 2. The van der Waals surface area contributed by atoms with Gasteiger partial charge in [0, 0.05) is 16.7 Å². The molecule has 0 unspecified atom stereocenters. The lowest BCUT2D eigenvalue weighted by atomic mass is 9.82. The highest BCUT2D eigenvalue weighted by Crippen LogP contribution is 2.38. The number of benzene rings is 2. The molecule has 2 aromatic rings. The summed E-state index contributed by atoms with van der Waals surface area (Å²) in [6, 6.07) is 7.14. The van der Waals surface area contributed by atoms with Gasteiger partial charge in [0.15, 0.2) is 5.78 Å². The second-order valence-electron chi connectivity index (χ2n) is 5.04. The topological polar surface area (TPSA) is 101 Å². The van der Waals surface area contributed by atoms with Crippen LogP contribution < -0.4 is 0 Å². The average molecular weight is 312 g/mol. The maximum Gasteiger partial charge on any atom is 0.201 e. The third kappa shape index (κ3) is 2.29. The van der Waals surface area contributed by atoms with Crippen molar-refractivity contribution in [1.82, 2.24) is 0 Å². The quantitative estimate of drug-likeness (QED) is 0.560. The molecule has 23 heavy (non-hydrogen) atoms. The van der Waals surface area contributed by atoms with E-state index in [9.17, 15) is 24.6 Å². The fourth-order valence-electron chi connectivity index (χ4n) is 2.62. The standard InChI is InChI=1S/C17H12O6/c18-6-7-23-8-9-4-5-11-14(15(9)20)17(22)13-10(16(11)21)2-1-3-12(13)19/h1-6,19-20H,7-8H2. The Bertz CT molecular complexity index is 837. The second-order valence-corrected chi connectivity index (χ2v) is 5.04. The molecule has 0 saturated heterocycles. The van der Waals surface area contributed by atoms with Crippen molar-refractivity contribution in [2.75, 3.05) is 6.61 Å². The van der Waals surface area contributed by atoms with Crippen LogP contribution in [0.1, 0.15) is 37.4 Å². The molecule has 116 valence electrons. The van der Waals surface area contributed by atoms with Crippen LogP contribution in [0.4, 0.5) is 0 Å². The van der Waals surface area contributed by atoms with Crippen LogP contribution in [0.3, 0.4) is 0 Å². The number of rotatable bonds is 4. The van der Waals surface area contributed by atoms with Gasteiger partial charge in [-0.15, -0.1) is 0 Å². The first-order chi connectivity index (χ1) is 11.1. The molecule has 0 saturated carbocycles. The predicted molar refractivity (Wildman–Crippen MR) is 78.8 cm³/mol. The molecule has 0 amide bonds. The van der Waals surface area contributed by atoms with Gasteiger partial charge >= 0.3 is 0 Å². The Labute approximate surface area is 130 Å². The lowest BCUT2D eigenvalue weighted by Crippen LogP contribution is -2.21. The molecule has 0 aromatic heterocycles. The van der Waals surface area contributed by atoms with Gasteiger partial charge in [0.2, 0.25) is 5.78 Å². The first-order valence-electron chi connectivity index (χ1n) is 6.84. The second kappa shape index (κ2) is 5.66. The van der Waals surface area contributed by atoms with E-state index in [1.54, 1.807) is 0 Å². The fraction of sp³-hybridized carbons (Fsp3) is 0.118. The number of carbonyl (C=O) groups is 3. The molecule has 0 bridgehead atoms. The van der Waals surface area contributed by atoms with Gasteiger partial charge in [-0.2, -0.15) is 0 Å². The van der Waals surface area contributed by atoms with Crippen LogP contribution in [0.25, 0.3) is 0 Å².